The molecule has 3 aromatic rings. The van der Waals surface area contributed by atoms with Crippen molar-refractivity contribution in [2.45, 2.75) is 59.0 Å². The van der Waals surface area contributed by atoms with E-state index in [9.17, 15) is 9.59 Å². The number of piperazine rings is 1. The molecule has 1 aliphatic carbocycles. The van der Waals surface area contributed by atoms with E-state index in [0.717, 1.165) is 49.0 Å². The van der Waals surface area contributed by atoms with Gasteiger partial charge in [-0.1, -0.05) is 30.5 Å². The number of aromatic nitrogens is 2. The second-order valence-electron chi connectivity index (χ2n) is 9.77. The molecule has 8 heteroatoms. The van der Waals surface area contributed by atoms with E-state index in [4.69, 9.17) is 4.98 Å². The van der Waals surface area contributed by atoms with Gasteiger partial charge >= 0.3 is 0 Å². The molecule has 0 bridgehead atoms. The smallest absolute Gasteiger partial charge is 0.266 e. The number of benzene rings is 1. The summed E-state index contributed by atoms with van der Waals surface area (Å²) in [5.74, 6) is 0.478. The van der Waals surface area contributed by atoms with Gasteiger partial charge in [0.1, 0.15) is 10.7 Å². The number of hydrogen-bond acceptors (Lipinski definition) is 6. The van der Waals surface area contributed by atoms with Gasteiger partial charge in [0.05, 0.1) is 16.8 Å². The van der Waals surface area contributed by atoms with Crippen LogP contribution in [0.1, 0.15) is 57.9 Å². The monoisotopic (exact) mass is 479 g/mol. The lowest BCUT2D eigenvalue weighted by atomic mass is 10.1. The summed E-state index contributed by atoms with van der Waals surface area (Å²) in [4.78, 5) is 39.9. The molecule has 5 rings (SSSR count). The van der Waals surface area contributed by atoms with Crippen LogP contribution in [0.2, 0.25) is 0 Å². The first-order valence-electron chi connectivity index (χ1n) is 12.3. The second kappa shape index (κ2) is 9.60. The Kier molecular flexibility index (Phi) is 6.55. The molecule has 2 N–H and O–H groups in total. The molecule has 1 aliphatic heterocycles. The molecule has 0 atom stereocenters. The number of anilines is 1. The van der Waals surface area contributed by atoms with Crippen LogP contribution < -0.4 is 10.9 Å². The van der Waals surface area contributed by atoms with E-state index in [2.05, 4.69) is 20.1 Å². The first kappa shape index (κ1) is 23.2. The minimum absolute atomic E-state index is 0.163. The number of thiophene rings is 1. The van der Waals surface area contributed by atoms with Crippen LogP contribution in [0.25, 0.3) is 10.2 Å². The van der Waals surface area contributed by atoms with Crippen molar-refractivity contribution >= 4 is 33.1 Å². The summed E-state index contributed by atoms with van der Waals surface area (Å²) in [5, 5.41) is 3.52. The largest absolute Gasteiger partial charge is 0.321 e. The van der Waals surface area contributed by atoms with Gasteiger partial charge in [-0.05, 0) is 50.8 Å². The van der Waals surface area contributed by atoms with Crippen LogP contribution in [-0.4, -0.2) is 57.9 Å². The molecule has 2 fully saturated rings. The molecule has 1 saturated heterocycles. The fraction of sp³-hybridized carbons (Fsp3) is 0.500. The lowest BCUT2D eigenvalue weighted by Crippen LogP contribution is -2.49. The Hall–Kier alpha value is -2.55. The van der Waals surface area contributed by atoms with Crippen molar-refractivity contribution in [3.8, 4) is 0 Å². The SMILES string of the molecule is Cc1ccc(NC(=O)c2sc3nc(CN4CCN(C5CCCC5)CC4)[nH]c(=O)c3c2C)c(C)c1. The van der Waals surface area contributed by atoms with Gasteiger partial charge in [-0.25, -0.2) is 4.98 Å². The van der Waals surface area contributed by atoms with Crippen molar-refractivity contribution in [3.05, 3.63) is 55.9 Å². The minimum atomic E-state index is -0.198. The molecule has 1 amide bonds. The summed E-state index contributed by atoms with van der Waals surface area (Å²) in [6, 6.07) is 6.70. The van der Waals surface area contributed by atoms with Crippen molar-refractivity contribution in [1.29, 1.82) is 0 Å². The fourth-order valence-electron chi connectivity index (χ4n) is 5.38. The lowest BCUT2D eigenvalue weighted by molar-refractivity contribution is 0.0921. The number of amides is 1. The summed E-state index contributed by atoms with van der Waals surface area (Å²) < 4.78 is 0. The molecule has 7 nitrogen and oxygen atoms in total. The Bertz CT molecular complexity index is 1270. The molecule has 180 valence electrons. The number of H-pyrrole nitrogens is 1. The van der Waals surface area contributed by atoms with E-state index >= 15 is 0 Å². The predicted octanol–water partition coefficient (Wildman–Crippen LogP) is 4.22. The number of nitrogens with one attached hydrogen (secondary N) is 2. The highest BCUT2D eigenvalue weighted by atomic mass is 32.1. The Morgan fingerprint density at radius 2 is 1.88 bits per heavy atom. The van der Waals surface area contributed by atoms with E-state index in [1.807, 2.05) is 39.0 Å². The summed E-state index contributed by atoms with van der Waals surface area (Å²) in [5.41, 5.74) is 3.47. The number of nitrogens with zero attached hydrogens (tertiary/aromatic N) is 3. The van der Waals surface area contributed by atoms with Crippen molar-refractivity contribution in [3.63, 3.8) is 0 Å². The fourth-order valence-corrected chi connectivity index (χ4v) is 6.48. The zero-order valence-electron chi connectivity index (χ0n) is 20.2. The lowest BCUT2D eigenvalue weighted by Gasteiger charge is -2.37. The van der Waals surface area contributed by atoms with E-state index in [-0.39, 0.29) is 11.5 Å². The van der Waals surface area contributed by atoms with Gasteiger partial charge in [-0.2, -0.15) is 0 Å². The Morgan fingerprint density at radius 3 is 2.59 bits per heavy atom. The average molecular weight is 480 g/mol. The molecule has 0 spiro atoms. The maximum Gasteiger partial charge on any atom is 0.266 e. The summed E-state index contributed by atoms with van der Waals surface area (Å²) >= 11 is 1.30. The number of aromatic amines is 1. The van der Waals surface area contributed by atoms with Gasteiger partial charge in [0, 0.05) is 37.9 Å². The molecule has 2 aliphatic rings. The van der Waals surface area contributed by atoms with Gasteiger partial charge in [0.2, 0.25) is 0 Å². The van der Waals surface area contributed by atoms with Crippen LogP contribution in [0, 0.1) is 20.8 Å². The predicted molar refractivity (Wildman–Crippen MR) is 138 cm³/mol. The molecule has 1 aromatic carbocycles. The number of carbonyl (C=O) groups is 1. The van der Waals surface area contributed by atoms with Crippen molar-refractivity contribution < 1.29 is 4.79 Å². The normalized spacial score (nSPS) is 18.1. The van der Waals surface area contributed by atoms with Gasteiger partial charge in [-0.3, -0.25) is 19.4 Å². The third-order valence-electron chi connectivity index (χ3n) is 7.31. The van der Waals surface area contributed by atoms with Crippen molar-refractivity contribution in [2.24, 2.45) is 0 Å². The number of rotatable bonds is 5. The highest BCUT2D eigenvalue weighted by Gasteiger charge is 2.27. The molecule has 0 unspecified atom stereocenters. The van der Waals surface area contributed by atoms with Crippen molar-refractivity contribution in [2.75, 3.05) is 31.5 Å². The molecular formula is C26H33N5O2S. The first-order valence-corrected chi connectivity index (χ1v) is 13.1. The van der Waals surface area contributed by atoms with E-state index in [1.165, 1.54) is 37.0 Å². The summed E-state index contributed by atoms with van der Waals surface area (Å²) in [7, 11) is 0. The minimum Gasteiger partial charge on any atom is -0.321 e. The van der Waals surface area contributed by atoms with Crippen LogP contribution in [-0.2, 0) is 6.54 Å². The number of carbonyl (C=O) groups excluding carboxylic acids is 1. The maximum atomic E-state index is 13.0. The van der Waals surface area contributed by atoms with Crippen LogP contribution in [0.4, 0.5) is 5.69 Å². The summed E-state index contributed by atoms with van der Waals surface area (Å²) in [6.45, 7) is 10.6. The second-order valence-corrected chi connectivity index (χ2v) is 10.8. The van der Waals surface area contributed by atoms with Crippen LogP contribution >= 0.6 is 11.3 Å². The molecule has 34 heavy (non-hydrogen) atoms. The zero-order valence-corrected chi connectivity index (χ0v) is 21.1. The Morgan fingerprint density at radius 1 is 1.15 bits per heavy atom. The van der Waals surface area contributed by atoms with E-state index in [0.29, 0.717) is 33.0 Å². The maximum absolute atomic E-state index is 13.0. The van der Waals surface area contributed by atoms with Crippen LogP contribution in [0.15, 0.2) is 23.0 Å². The molecule has 1 saturated carbocycles. The Balaban J connectivity index is 1.31. The van der Waals surface area contributed by atoms with Gasteiger partial charge in [-0.15, -0.1) is 11.3 Å². The summed E-state index contributed by atoms with van der Waals surface area (Å²) in [6.07, 6.45) is 5.40. The number of hydrogen-bond donors (Lipinski definition) is 2. The van der Waals surface area contributed by atoms with E-state index in [1.54, 1.807) is 0 Å². The molecular weight excluding hydrogens is 446 g/mol. The van der Waals surface area contributed by atoms with Crippen molar-refractivity contribution in [1.82, 2.24) is 19.8 Å². The van der Waals surface area contributed by atoms with E-state index < -0.39 is 0 Å². The van der Waals surface area contributed by atoms with Gasteiger partial charge in [0.25, 0.3) is 11.5 Å². The number of aryl methyl sites for hydroxylation is 3. The highest BCUT2D eigenvalue weighted by Crippen LogP contribution is 2.29. The molecule has 0 radical (unpaired) electrons. The Labute approximate surface area is 204 Å². The zero-order chi connectivity index (χ0) is 23.8. The first-order chi connectivity index (χ1) is 16.4. The average Bonchev–Trinajstić information content (AvgIpc) is 3.45. The molecule has 2 aromatic heterocycles. The third kappa shape index (κ3) is 4.67. The number of fused-ring (bicyclic) bond motifs is 1. The molecule has 3 heterocycles. The highest BCUT2D eigenvalue weighted by molar-refractivity contribution is 7.20. The van der Waals surface area contributed by atoms with Crippen LogP contribution in [0.5, 0.6) is 0 Å². The quantitative estimate of drug-likeness (QED) is 0.573. The topological polar surface area (TPSA) is 81.3 Å². The van der Waals surface area contributed by atoms with Gasteiger partial charge < -0.3 is 10.3 Å². The van der Waals surface area contributed by atoms with Gasteiger partial charge in [0.15, 0.2) is 0 Å². The standard InChI is InChI=1S/C26H33N5O2S/c1-16-8-9-20(17(2)14-16)27-25(33)23-18(3)22-24(32)28-21(29-26(22)34-23)15-30-10-12-31(13-11-30)19-6-4-5-7-19/h8-9,14,19H,4-7,10-13,15H2,1-3H3,(H,27,33)(H,28,29,32). The van der Waals surface area contributed by atoms with Crippen LogP contribution in [0.3, 0.4) is 0 Å². The third-order valence-corrected chi connectivity index (χ3v) is 8.49.